The van der Waals surface area contributed by atoms with Crippen LogP contribution in [0.2, 0.25) is 0 Å². The number of ether oxygens (including phenoxy) is 2. The van der Waals surface area contributed by atoms with Gasteiger partial charge in [0.15, 0.2) is 11.6 Å². The molecule has 3 fully saturated rings. The maximum absolute atomic E-state index is 14.7. The number of hydrogen-bond acceptors (Lipinski definition) is 2. The van der Waals surface area contributed by atoms with Crippen molar-refractivity contribution in [1.29, 1.82) is 0 Å². The summed E-state index contributed by atoms with van der Waals surface area (Å²) in [5.74, 6) is 2.13. The fourth-order valence-corrected chi connectivity index (χ4v) is 7.80. The third kappa shape index (κ3) is 6.98. The highest BCUT2D eigenvalue weighted by atomic mass is 19.2. The second-order valence-electron chi connectivity index (χ2n) is 12.5. The SMILES string of the molecule is CC=CCCC1CCC(C2CCC(C3CCC(c4ccc(-c5ccc(OCC)c(F)c5F)cc4)CO3)CC2)CC1. The molecule has 218 valence electrons. The second-order valence-corrected chi connectivity index (χ2v) is 12.5. The van der Waals surface area contributed by atoms with Gasteiger partial charge in [-0.25, -0.2) is 4.39 Å². The van der Waals surface area contributed by atoms with Gasteiger partial charge in [-0.3, -0.25) is 0 Å². The molecular weight excluding hydrogens is 502 g/mol. The summed E-state index contributed by atoms with van der Waals surface area (Å²) in [5.41, 5.74) is 2.16. The Hall–Kier alpha value is -2.20. The fourth-order valence-electron chi connectivity index (χ4n) is 7.80. The van der Waals surface area contributed by atoms with Gasteiger partial charge in [-0.05, 0) is 125 Å². The number of halogens is 2. The first-order valence-electron chi connectivity index (χ1n) is 16.0. The molecule has 2 nitrogen and oxygen atoms in total. The van der Waals surface area contributed by atoms with Crippen LogP contribution in [-0.2, 0) is 4.74 Å². The van der Waals surface area contributed by atoms with Crippen molar-refractivity contribution < 1.29 is 18.3 Å². The molecule has 2 atom stereocenters. The summed E-state index contributed by atoms with van der Waals surface area (Å²) in [6.07, 6.45) is 21.1. The molecule has 3 aliphatic rings. The van der Waals surface area contributed by atoms with E-state index in [0.29, 0.717) is 30.1 Å². The van der Waals surface area contributed by atoms with Crippen molar-refractivity contribution >= 4 is 0 Å². The van der Waals surface area contributed by atoms with Gasteiger partial charge in [0, 0.05) is 11.5 Å². The van der Waals surface area contributed by atoms with E-state index in [0.717, 1.165) is 37.2 Å². The molecule has 0 bridgehead atoms. The van der Waals surface area contributed by atoms with Gasteiger partial charge in [0.05, 0.1) is 19.3 Å². The van der Waals surface area contributed by atoms with Crippen molar-refractivity contribution in [2.75, 3.05) is 13.2 Å². The maximum atomic E-state index is 14.7. The molecule has 0 N–H and O–H groups in total. The number of hydrogen-bond donors (Lipinski definition) is 0. The predicted molar refractivity (Wildman–Crippen MR) is 160 cm³/mol. The minimum atomic E-state index is -0.924. The van der Waals surface area contributed by atoms with Gasteiger partial charge in [-0.15, -0.1) is 0 Å². The smallest absolute Gasteiger partial charge is 0.201 e. The highest BCUT2D eigenvalue weighted by Gasteiger charge is 2.35. The van der Waals surface area contributed by atoms with Gasteiger partial charge in [0.25, 0.3) is 0 Å². The Morgan fingerprint density at radius 2 is 1.48 bits per heavy atom. The Labute approximate surface area is 240 Å². The monoisotopic (exact) mass is 550 g/mol. The normalized spacial score (nSPS) is 29.5. The lowest BCUT2D eigenvalue weighted by molar-refractivity contribution is -0.0464. The third-order valence-corrected chi connectivity index (χ3v) is 10.2. The van der Waals surface area contributed by atoms with Gasteiger partial charge >= 0.3 is 0 Å². The molecule has 1 heterocycles. The molecule has 1 aliphatic heterocycles. The summed E-state index contributed by atoms with van der Waals surface area (Å²) in [6.45, 7) is 4.94. The molecule has 2 aromatic rings. The summed E-state index contributed by atoms with van der Waals surface area (Å²) in [5, 5.41) is 0. The van der Waals surface area contributed by atoms with Crippen LogP contribution in [-0.4, -0.2) is 19.3 Å². The quantitative estimate of drug-likeness (QED) is 0.289. The van der Waals surface area contributed by atoms with Gasteiger partial charge in [0.2, 0.25) is 5.82 Å². The van der Waals surface area contributed by atoms with Crippen LogP contribution in [0.25, 0.3) is 11.1 Å². The average Bonchev–Trinajstić information content (AvgIpc) is 3.01. The zero-order chi connectivity index (χ0) is 27.9. The van der Waals surface area contributed by atoms with Gasteiger partial charge < -0.3 is 9.47 Å². The van der Waals surface area contributed by atoms with E-state index in [-0.39, 0.29) is 11.3 Å². The Balaban J connectivity index is 1.07. The van der Waals surface area contributed by atoms with Crippen molar-refractivity contribution in [3.63, 3.8) is 0 Å². The van der Waals surface area contributed by atoms with Crippen LogP contribution in [0.3, 0.4) is 0 Å². The van der Waals surface area contributed by atoms with Crippen LogP contribution in [0.1, 0.15) is 102 Å². The summed E-state index contributed by atoms with van der Waals surface area (Å²) in [7, 11) is 0. The second kappa shape index (κ2) is 14.1. The Morgan fingerprint density at radius 1 is 0.800 bits per heavy atom. The van der Waals surface area contributed by atoms with E-state index < -0.39 is 11.6 Å². The molecule has 2 aromatic carbocycles. The van der Waals surface area contributed by atoms with Crippen molar-refractivity contribution in [2.45, 2.75) is 103 Å². The Kier molecular flexibility index (Phi) is 10.3. The van der Waals surface area contributed by atoms with E-state index in [1.807, 2.05) is 12.1 Å². The molecule has 0 spiro atoms. The molecular formula is C36H48F2O2. The zero-order valence-corrected chi connectivity index (χ0v) is 24.6. The summed E-state index contributed by atoms with van der Waals surface area (Å²) in [4.78, 5) is 0. The lowest BCUT2D eigenvalue weighted by Crippen LogP contribution is -2.35. The minimum absolute atomic E-state index is 0.0406. The lowest BCUT2D eigenvalue weighted by Gasteiger charge is -2.41. The first kappa shape index (κ1) is 29.3. The van der Waals surface area contributed by atoms with E-state index in [9.17, 15) is 8.78 Å². The highest BCUT2D eigenvalue weighted by molar-refractivity contribution is 5.65. The fraction of sp³-hybridized carbons (Fsp3) is 0.611. The first-order valence-corrected chi connectivity index (χ1v) is 16.0. The van der Waals surface area contributed by atoms with E-state index in [4.69, 9.17) is 9.47 Å². The molecule has 40 heavy (non-hydrogen) atoms. The van der Waals surface area contributed by atoms with Gasteiger partial charge in [-0.2, -0.15) is 4.39 Å². The van der Waals surface area contributed by atoms with Gasteiger partial charge in [0.1, 0.15) is 0 Å². The van der Waals surface area contributed by atoms with E-state index in [2.05, 4.69) is 31.2 Å². The largest absolute Gasteiger partial charge is 0.491 e. The third-order valence-electron chi connectivity index (χ3n) is 10.2. The number of allylic oxidation sites excluding steroid dienone is 2. The molecule has 2 saturated carbocycles. The van der Waals surface area contributed by atoms with Crippen molar-refractivity contribution in [3.05, 3.63) is 65.7 Å². The van der Waals surface area contributed by atoms with E-state index >= 15 is 0 Å². The molecule has 1 saturated heterocycles. The predicted octanol–water partition coefficient (Wildman–Crippen LogP) is 10.3. The molecule has 0 aromatic heterocycles. The van der Waals surface area contributed by atoms with Crippen LogP contribution in [0, 0.1) is 35.3 Å². The Bertz CT molecular complexity index is 1090. The van der Waals surface area contributed by atoms with Crippen LogP contribution in [0.4, 0.5) is 8.78 Å². The number of rotatable bonds is 9. The topological polar surface area (TPSA) is 18.5 Å². The maximum Gasteiger partial charge on any atom is 0.201 e. The molecule has 5 rings (SSSR count). The summed E-state index contributed by atoms with van der Waals surface area (Å²) in [6, 6.07) is 11.0. The molecule has 2 unspecified atom stereocenters. The molecule has 4 heteroatoms. The molecule has 0 amide bonds. The number of benzene rings is 2. The van der Waals surface area contributed by atoms with Crippen molar-refractivity contribution in [1.82, 2.24) is 0 Å². The summed E-state index contributed by atoms with van der Waals surface area (Å²) < 4.78 is 40.7. The van der Waals surface area contributed by atoms with Crippen LogP contribution >= 0.6 is 0 Å². The van der Waals surface area contributed by atoms with Crippen molar-refractivity contribution in [2.24, 2.45) is 23.7 Å². The van der Waals surface area contributed by atoms with E-state index in [1.54, 1.807) is 13.0 Å². The first-order chi connectivity index (χ1) is 19.6. The van der Waals surface area contributed by atoms with Crippen LogP contribution in [0.5, 0.6) is 5.75 Å². The lowest BCUT2D eigenvalue weighted by atomic mass is 9.67. The van der Waals surface area contributed by atoms with E-state index in [1.165, 1.54) is 75.8 Å². The molecule has 2 aliphatic carbocycles. The average molecular weight is 551 g/mol. The highest BCUT2D eigenvalue weighted by Crippen LogP contribution is 2.44. The minimum Gasteiger partial charge on any atom is -0.491 e. The van der Waals surface area contributed by atoms with Crippen LogP contribution < -0.4 is 4.74 Å². The van der Waals surface area contributed by atoms with Crippen molar-refractivity contribution in [3.8, 4) is 16.9 Å². The molecule has 0 radical (unpaired) electrons. The van der Waals surface area contributed by atoms with Crippen LogP contribution in [0.15, 0.2) is 48.6 Å². The standard InChI is InChI=1S/C36H48F2O2/c1-3-5-6-7-25-8-10-26(11-9-25)27-14-18-30(19-15-27)33-22-20-31(24-40-33)28-12-16-29(17-13-28)32-21-23-34(39-4-2)36(38)35(32)37/h3,5,12-13,16-17,21,23,25-27,30-31,33H,4,6-11,14-15,18-20,22,24H2,1-2H3. The van der Waals surface area contributed by atoms with Gasteiger partial charge in [-0.1, -0.05) is 49.3 Å². The zero-order valence-electron chi connectivity index (χ0n) is 24.6. The Morgan fingerprint density at radius 3 is 2.10 bits per heavy atom. The summed E-state index contributed by atoms with van der Waals surface area (Å²) >= 11 is 0.